The number of nitrogens with zero attached hydrogens (tertiary/aromatic N) is 3. The molecule has 3 aromatic rings. The SMILES string of the molecule is COc1cccc(OCc2n[nH]c(=S)n2N=Cc2c(F)cccc2Cl)c1. The molecule has 1 N–H and O–H groups in total. The minimum Gasteiger partial charge on any atom is -0.497 e. The van der Waals surface area contributed by atoms with Gasteiger partial charge in [-0.05, 0) is 36.5 Å². The average Bonchev–Trinajstić information content (AvgIpc) is 2.99. The van der Waals surface area contributed by atoms with Gasteiger partial charge in [-0.1, -0.05) is 23.7 Å². The first kappa shape index (κ1) is 18.1. The average molecular weight is 393 g/mol. The highest BCUT2D eigenvalue weighted by Crippen LogP contribution is 2.20. The fraction of sp³-hybridized carbons (Fsp3) is 0.118. The van der Waals surface area contributed by atoms with Crippen LogP contribution in [-0.4, -0.2) is 28.2 Å². The molecule has 1 aromatic heterocycles. The topological polar surface area (TPSA) is 64.4 Å². The molecule has 2 aromatic carbocycles. The summed E-state index contributed by atoms with van der Waals surface area (Å²) in [6.45, 7) is 0.0999. The number of rotatable bonds is 6. The lowest BCUT2D eigenvalue weighted by Gasteiger charge is -2.07. The van der Waals surface area contributed by atoms with Crippen LogP contribution in [0, 0.1) is 10.6 Å². The summed E-state index contributed by atoms with van der Waals surface area (Å²) in [6, 6.07) is 11.5. The Balaban J connectivity index is 1.81. The summed E-state index contributed by atoms with van der Waals surface area (Å²) < 4.78 is 26.3. The number of nitrogens with one attached hydrogen (secondary N) is 1. The van der Waals surface area contributed by atoms with Crippen LogP contribution >= 0.6 is 23.8 Å². The minimum absolute atomic E-state index is 0.0999. The van der Waals surface area contributed by atoms with Gasteiger partial charge in [0.2, 0.25) is 4.77 Å². The van der Waals surface area contributed by atoms with Crippen molar-refractivity contribution in [1.29, 1.82) is 0 Å². The fourth-order valence-electron chi connectivity index (χ4n) is 2.13. The maximum absolute atomic E-state index is 13.9. The summed E-state index contributed by atoms with van der Waals surface area (Å²) in [4.78, 5) is 0. The van der Waals surface area contributed by atoms with E-state index >= 15 is 0 Å². The standard InChI is InChI=1S/C17H14ClFN4O2S/c1-24-11-4-2-5-12(8-11)25-10-16-21-22-17(26)23(16)20-9-13-14(18)6-3-7-15(13)19/h2-9H,10H2,1H3,(H,22,26). The zero-order chi connectivity index (χ0) is 18.5. The molecule has 0 radical (unpaired) electrons. The molecule has 0 saturated carbocycles. The molecule has 0 bridgehead atoms. The van der Waals surface area contributed by atoms with E-state index in [1.54, 1.807) is 25.3 Å². The summed E-state index contributed by atoms with van der Waals surface area (Å²) in [5.74, 6) is 1.21. The molecule has 0 amide bonds. The van der Waals surface area contributed by atoms with Crippen molar-refractivity contribution in [3.63, 3.8) is 0 Å². The predicted molar refractivity (Wildman–Crippen MR) is 99.1 cm³/mol. The third-order valence-corrected chi connectivity index (χ3v) is 4.02. The smallest absolute Gasteiger partial charge is 0.216 e. The van der Waals surface area contributed by atoms with Gasteiger partial charge in [0, 0.05) is 11.6 Å². The Hall–Kier alpha value is -2.71. The number of hydrogen-bond acceptors (Lipinski definition) is 5. The second-order valence-corrected chi connectivity index (χ2v) is 5.90. The van der Waals surface area contributed by atoms with Gasteiger partial charge in [-0.15, -0.1) is 0 Å². The highest BCUT2D eigenvalue weighted by Gasteiger charge is 2.08. The molecule has 9 heteroatoms. The van der Waals surface area contributed by atoms with Crippen molar-refractivity contribution in [2.75, 3.05) is 7.11 Å². The van der Waals surface area contributed by atoms with Crippen LogP contribution in [-0.2, 0) is 6.61 Å². The lowest BCUT2D eigenvalue weighted by Crippen LogP contribution is -2.04. The first-order valence-corrected chi connectivity index (χ1v) is 8.28. The first-order chi connectivity index (χ1) is 12.6. The summed E-state index contributed by atoms with van der Waals surface area (Å²) in [7, 11) is 1.58. The monoisotopic (exact) mass is 392 g/mol. The van der Waals surface area contributed by atoms with Crippen molar-refractivity contribution in [3.05, 3.63) is 69.5 Å². The third kappa shape index (κ3) is 4.09. The molecule has 0 unspecified atom stereocenters. The quantitative estimate of drug-likeness (QED) is 0.504. The van der Waals surface area contributed by atoms with Crippen molar-refractivity contribution in [3.8, 4) is 11.5 Å². The third-order valence-electron chi connectivity index (χ3n) is 3.43. The van der Waals surface area contributed by atoms with E-state index in [-0.39, 0.29) is 22.0 Å². The van der Waals surface area contributed by atoms with E-state index in [9.17, 15) is 4.39 Å². The molecular weight excluding hydrogens is 379 g/mol. The Labute approximate surface area is 158 Å². The van der Waals surface area contributed by atoms with Crippen LogP contribution in [0.15, 0.2) is 47.6 Å². The molecule has 1 heterocycles. The molecule has 0 fully saturated rings. The molecule has 3 rings (SSSR count). The van der Waals surface area contributed by atoms with Crippen molar-refractivity contribution < 1.29 is 13.9 Å². The maximum atomic E-state index is 13.9. The lowest BCUT2D eigenvalue weighted by atomic mass is 10.2. The molecule has 0 saturated heterocycles. The number of aromatic nitrogens is 3. The molecule has 0 atom stereocenters. The Morgan fingerprint density at radius 3 is 2.85 bits per heavy atom. The molecule has 0 spiro atoms. The van der Waals surface area contributed by atoms with E-state index in [4.69, 9.17) is 33.3 Å². The first-order valence-electron chi connectivity index (χ1n) is 7.50. The summed E-state index contributed by atoms with van der Waals surface area (Å²) >= 11 is 11.1. The van der Waals surface area contributed by atoms with Gasteiger partial charge < -0.3 is 9.47 Å². The minimum atomic E-state index is -0.481. The van der Waals surface area contributed by atoms with E-state index in [1.807, 2.05) is 12.1 Å². The van der Waals surface area contributed by atoms with Gasteiger partial charge in [0.25, 0.3) is 0 Å². The lowest BCUT2D eigenvalue weighted by molar-refractivity contribution is 0.288. The van der Waals surface area contributed by atoms with Crippen LogP contribution in [0.2, 0.25) is 5.02 Å². The van der Waals surface area contributed by atoms with Crippen LogP contribution in [0.3, 0.4) is 0 Å². The molecular formula is C17H14ClFN4O2S. The normalized spacial score (nSPS) is 11.0. The maximum Gasteiger partial charge on any atom is 0.216 e. The van der Waals surface area contributed by atoms with Gasteiger partial charge in [-0.3, -0.25) is 0 Å². The second kappa shape index (κ2) is 8.11. The van der Waals surface area contributed by atoms with Crippen molar-refractivity contribution >= 4 is 30.0 Å². The predicted octanol–water partition coefficient (Wildman–Crippen LogP) is 4.20. The van der Waals surface area contributed by atoms with E-state index in [0.717, 1.165) is 0 Å². The van der Waals surface area contributed by atoms with Crippen molar-refractivity contribution in [2.24, 2.45) is 5.10 Å². The van der Waals surface area contributed by atoms with E-state index in [0.29, 0.717) is 17.3 Å². The van der Waals surface area contributed by atoms with Crippen molar-refractivity contribution in [1.82, 2.24) is 14.9 Å². The summed E-state index contributed by atoms with van der Waals surface area (Å²) in [6.07, 6.45) is 1.29. The summed E-state index contributed by atoms with van der Waals surface area (Å²) in [5.41, 5.74) is 0.164. The second-order valence-electron chi connectivity index (χ2n) is 5.10. The number of hydrogen-bond donors (Lipinski definition) is 1. The Bertz CT molecular complexity index is 982. The number of halogens is 2. The summed E-state index contributed by atoms with van der Waals surface area (Å²) in [5, 5.41) is 11.1. The van der Waals surface area contributed by atoms with Crippen LogP contribution in [0.4, 0.5) is 4.39 Å². The highest BCUT2D eigenvalue weighted by molar-refractivity contribution is 7.71. The molecule has 6 nitrogen and oxygen atoms in total. The number of aromatic amines is 1. The Morgan fingerprint density at radius 1 is 1.31 bits per heavy atom. The van der Waals surface area contributed by atoms with Crippen LogP contribution in [0.1, 0.15) is 11.4 Å². The van der Waals surface area contributed by atoms with Gasteiger partial charge >= 0.3 is 0 Å². The molecule has 134 valence electrons. The van der Waals surface area contributed by atoms with E-state index in [1.165, 1.54) is 23.0 Å². The molecule has 0 aliphatic rings. The van der Waals surface area contributed by atoms with Crippen LogP contribution in [0.25, 0.3) is 0 Å². The molecule has 0 aliphatic heterocycles. The van der Waals surface area contributed by atoms with Crippen LogP contribution < -0.4 is 9.47 Å². The zero-order valence-electron chi connectivity index (χ0n) is 13.6. The zero-order valence-corrected chi connectivity index (χ0v) is 15.2. The van der Waals surface area contributed by atoms with Gasteiger partial charge in [0.15, 0.2) is 5.82 Å². The number of methoxy groups -OCH3 is 1. The Morgan fingerprint density at radius 2 is 2.08 bits per heavy atom. The van der Waals surface area contributed by atoms with Crippen LogP contribution in [0.5, 0.6) is 11.5 Å². The Kier molecular flexibility index (Phi) is 5.65. The van der Waals surface area contributed by atoms with Gasteiger partial charge in [0.1, 0.15) is 23.9 Å². The molecule has 26 heavy (non-hydrogen) atoms. The van der Waals surface area contributed by atoms with Gasteiger partial charge in [0.05, 0.1) is 18.3 Å². The molecule has 0 aliphatic carbocycles. The number of H-pyrrole nitrogens is 1. The van der Waals surface area contributed by atoms with E-state index < -0.39 is 5.82 Å². The fourth-order valence-corrected chi connectivity index (χ4v) is 2.54. The van der Waals surface area contributed by atoms with Gasteiger partial charge in [-0.2, -0.15) is 14.9 Å². The van der Waals surface area contributed by atoms with Crippen molar-refractivity contribution in [2.45, 2.75) is 6.61 Å². The van der Waals surface area contributed by atoms with E-state index in [2.05, 4.69) is 15.3 Å². The largest absolute Gasteiger partial charge is 0.497 e. The van der Waals surface area contributed by atoms with Gasteiger partial charge in [-0.25, -0.2) is 9.49 Å². The highest BCUT2D eigenvalue weighted by atomic mass is 35.5. The number of benzene rings is 2. The number of ether oxygens (including phenoxy) is 2.